The number of hydrogen-bond donors (Lipinski definition) is 2. The van der Waals surface area contributed by atoms with Crippen molar-refractivity contribution in [2.75, 3.05) is 0 Å². The Balaban J connectivity index is 0.00000361. The quantitative estimate of drug-likeness (QED) is 0.774. The Labute approximate surface area is 126 Å². The Bertz CT molecular complexity index is 410. The maximum atomic E-state index is 11.0. The van der Waals surface area contributed by atoms with Gasteiger partial charge in [0.25, 0.3) is 0 Å². The van der Waals surface area contributed by atoms with E-state index in [0.717, 1.165) is 17.7 Å². The van der Waals surface area contributed by atoms with Gasteiger partial charge in [-0.25, -0.2) is 0 Å². The topological polar surface area (TPSA) is 58.6 Å². The van der Waals surface area contributed by atoms with Crippen LogP contribution in [-0.2, 0) is 11.3 Å². The third-order valence-corrected chi connectivity index (χ3v) is 2.70. The molecule has 1 atom stereocenters. The van der Waals surface area contributed by atoms with Crippen molar-refractivity contribution in [1.82, 2.24) is 5.32 Å². The van der Waals surface area contributed by atoms with Crippen molar-refractivity contribution in [3.05, 3.63) is 29.8 Å². The van der Waals surface area contributed by atoms with Gasteiger partial charge in [0.15, 0.2) is 0 Å². The van der Waals surface area contributed by atoms with Crippen molar-refractivity contribution in [2.45, 2.75) is 52.3 Å². The van der Waals surface area contributed by atoms with Crippen molar-refractivity contribution in [3.8, 4) is 5.75 Å². The summed E-state index contributed by atoms with van der Waals surface area (Å²) in [6.07, 6.45) is 1.62. The number of carbonyl (C=O) groups is 1. The summed E-state index contributed by atoms with van der Waals surface area (Å²) in [5.41, 5.74) is 1.03. The first-order chi connectivity index (χ1) is 9.02. The first kappa shape index (κ1) is 18.7. The van der Waals surface area contributed by atoms with Crippen molar-refractivity contribution in [2.24, 2.45) is 0 Å². The number of nitrogens with one attached hydrogen (secondary N) is 1. The fourth-order valence-electron chi connectivity index (χ4n) is 1.84. The molecule has 0 radical (unpaired) electrons. The van der Waals surface area contributed by atoms with Crippen LogP contribution < -0.4 is 10.1 Å². The standard InChI is InChI=1S/C15H23NO3.ClH/c1-4-6-14(15(17)18)16-10-12-7-5-8-13(9-12)19-11(2)3;/h5,7-9,11,14,16H,4,6,10H2,1-3H3,(H,17,18);1H. The lowest BCUT2D eigenvalue weighted by Gasteiger charge is -2.14. The second-order valence-corrected chi connectivity index (χ2v) is 4.87. The molecule has 1 rings (SSSR count). The number of halogens is 1. The van der Waals surface area contributed by atoms with E-state index in [0.29, 0.717) is 13.0 Å². The molecule has 0 aliphatic rings. The van der Waals surface area contributed by atoms with Crippen molar-refractivity contribution < 1.29 is 14.6 Å². The summed E-state index contributed by atoms with van der Waals surface area (Å²) < 4.78 is 5.61. The summed E-state index contributed by atoms with van der Waals surface area (Å²) in [5, 5.41) is 12.1. The van der Waals surface area contributed by atoms with Gasteiger partial charge in [-0.15, -0.1) is 12.4 Å². The number of carboxylic acids is 1. The minimum Gasteiger partial charge on any atom is -0.491 e. The molecule has 0 saturated carbocycles. The minimum atomic E-state index is -0.795. The van der Waals surface area contributed by atoms with Crippen LogP contribution in [0.5, 0.6) is 5.75 Å². The molecule has 1 aromatic carbocycles. The zero-order valence-corrected chi connectivity index (χ0v) is 13.1. The molecule has 0 amide bonds. The number of hydrogen-bond acceptors (Lipinski definition) is 3. The van der Waals surface area contributed by atoms with E-state index in [4.69, 9.17) is 9.84 Å². The maximum absolute atomic E-state index is 11.0. The lowest BCUT2D eigenvalue weighted by atomic mass is 10.1. The third-order valence-electron chi connectivity index (χ3n) is 2.70. The van der Waals surface area contributed by atoms with Gasteiger partial charge >= 0.3 is 5.97 Å². The predicted molar refractivity (Wildman–Crippen MR) is 82.6 cm³/mol. The maximum Gasteiger partial charge on any atom is 0.320 e. The van der Waals surface area contributed by atoms with Gasteiger partial charge in [-0.2, -0.15) is 0 Å². The molecule has 2 N–H and O–H groups in total. The van der Waals surface area contributed by atoms with E-state index < -0.39 is 12.0 Å². The highest BCUT2D eigenvalue weighted by Gasteiger charge is 2.15. The fraction of sp³-hybridized carbons (Fsp3) is 0.533. The number of ether oxygens (including phenoxy) is 1. The van der Waals surface area contributed by atoms with Gasteiger partial charge in [0.05, 0.1) is 6.10 Å². The summed E-state index contributed by atoms with van der Waals surface area (Å²) >= 11 is 0. The van der Waals surface area contributed by atoms with Gasteiger partial charge in [-0.1, -0.05) is 25.5 Å². The summed E-state index contributed by atoms with van der Waals surface area (Å²) in [6, 6.07) is 7.25. The Kier molecular flexibility index (Phi) is 9.01. The lowest BCUT2D eigenvalue weighted by Crippen LogP contribution is -2.35. The first-order valence-corrected chi connectivity index (χ1v) is 6.74. The van der Waals surface area contributed by atoms with Crippen LogP contribution in [0.3, 0.4) is 0 Å². The van der Waals surface area contributed by atoms with E-state index in [-0.39, 0.29) is 18.5 Å². The number of aliphatic carboxylic acids is 1. The van der Waals surface area contributed by atoms with E-state index in [1.165, 1.54) is 0 Å². The summed E-state index contributed by atoms with van der Waals surface area (Å²) in [6.45, 7) is 6.47. The van der Waals surface area contributed by atoms with Gasteiger partial charge in [0, 0.05) is 6.54 Å². The SMILES string of the molecule is CCCC(NCc1cccc(OC(C)C)c1)C(=O)O.Cl. The van der Waals surface area contributed by atoms with Gasteiger partial charge in [-0.3, -0.25) is 4.79 Å². The molecule has 0 bridgehead atoms. The first-order valence-electron chi connectivity index (χ1n) is 6.74. The monoisotopic (exact) mass is 301 g/mol. The molecule has 0 heterocycles. The van der Waals surface area contributed by atoms with E-state index in [2.05, 4.69) is 5.32 Å². The Morgan fingerprint density at radius 3 is 2.65 bits per heavy atom. The molecule has 0 saturated heterocycles. The number of carboxylic acid groups (broad SMARTS) is 1. The largest absolute Gasteiger partial charge is 0.491 e. The molecule has 114 valence electrons. The van der Waals surface area contributed by atoms with Gasteiger partial charge < -0.3 is 15.2 Å². The van der Waals surface area contributed by atoms with Gasteiger partial charge in [0.2, 0.25) is 0 Å². The Morgan fingerprint density at radius 1 is 1.40 bits per heavy atom. The zero-order chi connectivity index (χ0) is 14.3. The van der Waals surface area contributed by atoms with Gasteiger partial charge in [-0.05, 0) is 38.0 Å². The van der Waals surface area contributed by atoms with Crippen molar-refractivity contribution >= 4 is 18.4 Å². The number of benzene rings is 1. The summed E-state index contributed by atoms with van der Waals surface area (Å²) in [5.74, 6) is 0.0214. The van der Waals surface area contributed by atoms with Crippen molar-refractivity contribution in [1.29, 1.82) is 0 Å². The minimum absolute atomic E-state index is 0. The van der Waals surface area contributed by atoms with Crippen LogP contribution in [0, 0.1) is 0 Å². The second-order valence-electron chi connectivity index (χ2n) is 4.87. The van der Waals surface area contributed by atoms with E-state index in [9.17, 15) is 4.79 Å². The molecule has 1 unspecified atom stereocenters. The lowest BCUT2D eigenvalue weighted by molar-refractivity contribution is -0.139. The van der Waals surface area contributed by atoms with Crippen molar-refractivity contribution in [3.63, 3.8) is 0 Å². The number of rotatable bonds is 8. The van der Waals surface area contributed by atoms with E-state index in [1.54, 1.807) is 0 Å². The fourth-order valence-corrected chi connectivity index (χ4v) is 1.84. The van der Waals surface area contributed by atoms with E-state index >= 15 is 0 Å². The van der Waals surface area contributed by atoms with E-state index in [1.807, 2.05) is 45.0 Å². The molecule has 1 aromatic rings. The molecule has 20 heavy (non-hydrogen) atoms. The second kappa shape index (κ2) is 9.61. The molecule has 4 nitrogen and oxygen atoms in total. The van der Waals surface area contributed by atoms with Crippen LogP contribution in [0.1, 0.15) is 39.2 Å². The predicted octanol–water partition coefficient (Wildman–Crippen LogP) is 3.24. The Morgan fingerprint density at radius 2 is 2.10 bits per heavy atom. The average Bonchev–Trinajstić information content (AvgIpc) is 2.33. The molecular formula is C15H24ClNO3. The van der Waals surface area contributed by atoms with Crippen LogP contribution in [0.4, 0.5) is 0 Å². The van der Waals surface area contributed by atoms with Gasteiger partial charge in [0.1, 0.15) is 11.8 Å². The Hall–Kier alpha value is -1.26. The normalized spacial score (nSPS) is 11.8. The zero-order valence-electron chi connectivity index (χ0n) is 12.3. The molecule has 5 heteroatoms. The molecule has 0 aromatic heterocycles. The molecule has 0 spiro atoms. The highest BCUT2D eigenvalue weighted by atomic mass is 35.5. The van der Waals surface area contributed by atoms with Crippen LogP contribution >= 0.6 is 12.4 Å². The smallest absolute Gasteiger partial charge is 0.320 e. The van der Waals surface area contributed by atoms with Crippen LogP contribution in [0.2, 0.25) is 0 Å². The summed E-state index contributed by atoms with van der Waals surface area (Å²) in [7, 11) is 0. The average molecular weight is 302 g/mol. The molecule has 0 fully saturated rings. The van der Waals surface area contributed by atoms with Crippen LogP contribution in [-0.4, -0.2) is 23.2 Å². The molecular weight excluding hydrogens is 278 g/mol. The highest BCUT2D eigenvalue weighted by molar-refractivity contribution is 5.85. The third kappa shape index (κ3) is 6.78. The van der Waals surface area contributed by atoms with Crippen LogP contribution in [0.15, 0.2) is 24.3 Å². The highest BCUT2D eigenvalue weighted by Crippen LogP contribution is 2.15. The molecule has 0 aliphatic carbocycles. The molecule has 0 aliphatic heterocycles. The van der Waals surface area contributed by atoms with Crippen LogP contribution in [0.25, 0.3) is 0 Å². The summed E-state index contributed by atoms with van der Waals surface area (Å²) in [4.78, 5) is 11.0.